The predicted octanol–water partition coefficient (Wildman–Crippen LogP) is 5.51. The summed E-state index contributed by atoms with van der Waals surface area (Å²) in [7, 11) is 0. The zero-order chi connectivity index (χ0) is 24.3. The van der Waals surface area contributed by atoms with Crippen LogP contribution in [0.4, 0.5) is 13.2 Å². The number of aromatic hydroxyl groups is 1. The maximum atomic E-state index is 13.5. The highest BCUT2D eigenvalue weighted by atomic mass is 19.4. The van der Waals surface area contributed by atoms with Crippen molar-refractivity contribution in [2.75, 3.05) is 13.2 Å². The van der Waals surface area contributed by atoms with Crippen molar-refractivity contribution < 1.29 is 28.2 Å². The molecule has 0 fully saturated rings. The number of halogens is 3. The van der Waals surface area contributed by atoms with Crippen molar-refractivity contribution in [3.63, 3.8) is 0 Å². The van der Waals surface area contributed by atoms with Crippen LogP contribution >= 0.6 is 0 Å². The highest BCUT2D eigenvalue weighted by Gasteiger charge is 2.32. The quantitative estimate of drug-likeness (QED) is 0.435. The molecule has 0 aliphatic carbocycles. The van der Waals surface area contributed by atoms with Gasteiger partial charge in [0.15, 0.2) is 5.78 Å². The zero-order valence-corrected chi connectivity index (χ0v) is 18.8. The molecule has 1 aromatic heterocycles. The average molecular weight is 460 g/mol. The van der Waals surface area contributed by atoms with Crippen LogP contribution < -0.4 is 0 Å². The number of fused-ring (bicyclic) bond motifs is 1. The van der Waals surface area contributed by atoms with Crippen LogP contribution in [0.3, 0.4) is 0 Å². The Morgan fingerprint density at radius 3 is 2.33 bits per heavy atom. The number of aliphatic hydroxyl groups excluding tert-OH is 1. The number of carbonyl (C=O) groups excluding carboxylic acids is 1. The van der Waals surface area contributed by atoms with Gasteiger partial charge >= 0.3 is 6.18 Å². The van der Waals surface area contributed by atoms with Gasteiger partial charge in [0.2, 0.25) is 5.88 Å². The molecular formula is C25H27F3N2O3. The molecule has 0 amide bonds. The fourth-order valence-electron chi connectivity index (χ4n) is 3.98. The lowest BCUT2D eigenvalue weighted by molar-refractivity contribution is -0.137. The Hall–Kier alpha value is -3.13. The van der Waals surface area contributed by atoms with Crippen LogP contribution in [0.5, 0.6) is 5.88 Å². The third kappa shape index (κ3) is 5.27. The van der Waals surface area contributed by atoms with Crippen molar-refractivity contribution in [1.82, 2.24) is 4.57 Å². The Kier molecular flexibility index (Phi) is 7.27. The van der Waals surface area contributed by atoms with Gasteiger partial charge in [-0.3, -0.25) is 14.4 Å². The van der Waals surface area contributed by atoms with E-state index in [0.717, 1.165) is 23.3 Å². The van der Waals surface area contributed by atoms with Gasteiger partial charge in [0.25, 0.3) is 0 Å². The van der Waals surface area contributed by atoms with E-state index in [-0.39, 0.29) is 36.8 Å². The summed E-state index contributed by atoms with van der Waals surface area (Å²) in [5.41, 5.74) is 2.47. The second-order valence-corrected chi connectivity index (χ2v) is 8.09. The molecule has 2 N–H and O–H groups in total. The third-order valence-corrected chi connectivity index (χ3v) is 5.42. The number of nitrogens with zero attached hydrogens (tertiary/aromatic N) is 2. The molecule has 8 heteroatoms. The van der Waals surface area contributed by atoms with Crippen LogP contribution in [0, 0.1) is 13.8 Å². The lowest BCUT2D eigenvalue weighted by Crippen LogP contribution is -2.08. The zero-order valence-electron chi connectivity index (χ0n) is 18.8. The summed E-state index contributed by atoms with van der Waals surface area (Å²) in [6, 6.07) is 8.86. The average Bonchev–Trinajstić information content (AvgIpc) is 3.02. The first kappa shape index (κ1) is 24.5. The molecule has 0 saturated heterocycles. The van der Waals surface area contributed by atoms with E-state index in [0.29, 0.717) is 35.2 Å². The summed E-state index contributed by atoms with van der Waals surface area (Å²) in [4.78, 5) is 16.4. The van der Waals surface area contributed by atoms with Gasteiger partial charge in [-0.1, -0.05) is 19.1 Å². The molecule has 0 radical (unpaired) electrons. The monoisotopic (exact) mass is 460 g/mol. The molecule has 0 atom stereocenters. The van der Waals surface area contributed by atoms with Crippen molar-refractivity contribution in [1.29, 1.82) is 0 Å². The first-order valence-corrected chi connectivity index (χ1v) is 10.8. The molecular weight excluding hydrogens is 433 g/mol. The lowest BCUT2D eigenvalue weighted by Gasteiger charge is -2.11. The molecule has 0 unspecified atom stereocenters. The van der Waals surface area contributed by atoms with Gasteiger partial charge in [0.1, 0.15) is 0 Å². The van der Waals surface area contributed by atoms with Gasteiger partial charge in [0.05, 0.1) is 23.2 Å². The molecule has 5 nitrogen and oxygen atoms in total. The minimum Gasteiger partial charge on any atom is -0.494 e. The number of hydrogen-bond donors (Lipinski definition) is 2. The molecule has 1 heterocycles. The number of aliphatic imine (C=N–C) groups is 1. The van der Waals surface area contributed by atoms with Crippen LogP contribution in [0.2, 0.25) is 0 Å². The summed E-state index contributed by atoms with van der Waals surface area (Å²) in [6.07, 6.45) is -3.65. The Morgan fingerprint density at radius 2 is 1.76 bits per heavy atom. The number of aromatic nitrogens is 1. The maximum Gasteiger partial charge on any atom is 0.416 e. The second-order valence-electron chi connectivity index (χ2n) is 8.09. The van der Waals surface area contributed by atoms with Crippen LogP contribution in [-0.2, 0) is 11.0 Å². The molecule has 176 valence electrons. The van der Waals surface area contributed by atoms with E-state index in [4.69, 9.17) is 5.11 Å². The summed E-state index contributed by atoms with van der Waals surface area (Å²) in [6.45, 7) is 5.33. The molecule has 0 spiro atoms. The fourth-order valence-corrected chi connectivity index (χ4v) is 3.98. The van der Waals surface area contributed by atoms with Gasteiger partial charge in [-0.05, 0) is 62.1 Å². The van der Waals surface area contributed by atoms with Crippen molar-refractivity contribution in [2.45, 2.75) is 46.2 Å². The Morgan fingerprint density at radius 1 is 1.09 bits per heavy atom. The second kappa shape index (κ2) is 9.79. The Balaban J connectivity index is 2.25. The van der Waals surface area contributed by atoms with Crippen molar-refractivity contribution in [2.24, 2.45) is 4.99 Å². The Bertz CT molecular complexity index is 1190. The number of aliphatic hydroxyl groups is 1. The largest absolute Gasteiger partial charge is 0.494 e. The molecule has 0 aliphatic rings. The molecule has 33 heavy (non-hydrogen) atoms. The number of Topliss-reactive ketones (excluding diaryl/α,β-unsaturated/α-hetero) is 1. The fraction of sp³-hybridized carbons (Fsp3) is 0.360. The predicted molar refractivity (Wildman–Crippen MR) is 122 cm³/mol. The van der Waals surface area contributed by atoms with Crippen molar-refractivity contribution >= 4 is 22.4 Å². The summed E-state index contributed by atoms with van der Waals surface area (Å²) in [5.74, 6) is -0.385. The minimum atomic E-state index is -4.54. The molecule has 0 aliphatic heterocycles. The first-order valence-electron chi connectivity index (χ1n) is 10.8. The van der Waals surface area contributed by atoms with Crippen LogP contribution in [-0.4, -0.2) is 39.4 Å². The summed E-state index contributed by atoms with van der Waals surface area (Å²) < 4.78 is 41.8. The lowest BCUT2D eigenvalue weighted by atomic mass is 10.0. The van der Waals surface area contributed by atoms with E-state index in [9.17, 15) is 23.1 Å². The number of rotatable bonds is 8. The van der Waals surface area contributed by atoms with E-state index in [1.165, 1.54) is 10.6 Å². The number of aryl methyl sites for hydroxylation is 2. The third-order valence-electron chi connectivity index (χ3n) is 5.42. The van der Waals surface area contributed by atoms with E-state index in [1.54, 1.807) is 19.1 Å². The summed E-state index contributed by atoms with van der Waals surface area (Å²) >= 11 is 0. The van der Waals surface area contributed by atoms with Gasteiger partial charge in [-0.15, -0.1) is 0 Å². The van der Waals surface area contributed by atoms with Crippen LogP contribution in [0.1, 0.15) is 48.4 Å². The SMILES string of the molecule is CCC(=NCC(=O)CCCO)c1c(O)n(-c2cc(C)cc(C)c2)c2cc(C(F)(F)F)ccc12. The van der Waals surface area contributed by atoms with E-state index >= 15 is 0 Å². The highest BCUT2D eigenvalue weighted by Crippen LogP contribution is 2.39. The molecule has 2 aromatic carbocycles. The summed E-state index contributed by atoms with van der Waals surface area (Å²) in [5, 5.41) is 20.5. The number of alkyl halides is 3. The standard InChI is InChI=1S/C25H27F3N2O3/c1-4-21(29-14-19(32)6-5-9-31)23-20-8-7-17(25(26,27)28)13-22(20)30(24(23)33)18-11-15(2)10-16(3)12-18/h7-8,10-13,31,33H,4-6,9,14H2,1-3H3. The highest BCUT2D eigenvalue weighted by molar-refractivity contribution is 6.14. The van der Waals surface area contributed by atoms with Gasteiger partial charge in [-0.2, -0.15) is 13.2 Å². The number of ketones is 1. The van der Waals surface area contributed by atoms with Crippen molar-refractivity contribution in [3.8, 4) is 11.6 Å². The molecule has 0 saturated carbocycles. The van der Waals surface area contributed by atoms with Gasteiger partial charge in [-0.25, -0.2) is 0 Å². The van der Waals surface area contributed by atoms with E-state index in [2.05, 4.69) is 4.99 Å². The first-order chi connectivity index (χ1) is 15.6. The number of carbonyl (C=O) groups is 1. The number of benzene rings is 2. The van der Waals surface area contributed by atoms with Gasteiger partial charge < -0.3 is 10.2 Å². The number of hydrogen-bond acceptors (Lipinski definition) is 4. The van der Waals surface area contributed by atoms with Crippen molar-refractivity contribution in [3.05, 3.63) is 58.7 Å². The smallest absolute Gasteiger partial charge is 0.416 e. The topological polar surface area (TPSA) is 74.8 Å². The normalized spacial score (nSPS) is 12.5. The minimum absolute atomic E-state index is 0.0954. The van der Waals surface area contributed by atoms with E-state index < -0.39 is 11.7 Å². The van der Waals surface area contributed by atoms with Crippen LogP contribution in [0.25, 0.3) is 16.6 Å². The molecule has 3 rings (SSSR count). The molecule has 0 bridgehead atoms. The maximum absolute atomic E-state index is 13.5. The van der Waals surface area contributed by atoms with Crippen LogP contribution in [0.15, 0.2) is 41.4 Å². The Labute approximate surface area is 190 Å². The molecule has 3 aromatic rings. The van der Waals surface area contributed by atoms with Gasteiger partial charge in [0, 0.05) is 29.8 Å². The van der Waals surface area contributed by atoms with E-state index in [1.807, 2.05) is 19.9 Å².